The summed E-state index contributed by atoms with van der Waals surface area (Å²) in [6, 6.07) is 7.17. The SMILES string of the molecule is O=S1(=O)C[C@@H](N2CCN(Cc3ncc(-c4cccc(Cl)c4)o3)CC2)[C@@H](O)C1. The number of nitrogens with zero attached hydrogens (tertiary/aromatic N) is 3. The monoisotopic (exact) mass is 411 g/mol. The molecule has 1 aromatic carbocycles. The summed E-state index contributed by atoms with van der Waals surface area (Å²) in [4.78, 5) is 8.66. The fourth-order valence-corrected chi connectivity index (χ4v) is 5.78. The highest BCUT2D eigenvalue weighted by atomic mass is 35.5. The van der Waals surface area contributed by atoms with Gasteiger partial charge in [-0.2, -0.15) is 0 Å². The molecule has 7 nitrogen and oxygen atoms in total. The molecule has 1 aromatic heterocycles. The number of rotatable bonds is 4. The summed E-state index contributed by atoms with van der Waals surface area (Å²) in [5, 5.41) is 10.7. The van der Waals surface area contributed by atoms with Gasteiger partial charge in [0.25, 0.3) is 0 Å². The summed E-state index contributed by atoms with van der Waals surface area (Å²) in [7, 11) is -3.12. The minimum absolute atomic E-state index is 0.0525. The number of oxazole rings is 1. The molecule has 0 amide bonds. The van der Waals surface area contributed by atoms with Crippen molar-refractivity contribution in [3.05, 3.63) is 41.4 Å². The molecule has 0 unspecified atom stereocenters. The Morgan fingerprint density at radius 1 is 1.22 bits per heavy atom. The van der Waals surface area contributed by atoms with Crippen LogP contribution in [0.1, 0.15) is 5.89 Å². The van der Waals surface area contributed by atoms with Crippen LogP contribution in [0, 0.1) is 0 Å². The summed E-state index contributed by atoms with van der Waals surface area (Å²) in [5.74, 6) is 1.25. The Morgan fingerprint density at radius 3 is 2.67 bits per heavy atom. The maximum absolute atomic E-state index is 11.7. The summed E-state index contributed by atoms with van der Waals surface area (Å²) in [6.45, 7) is 3.59. The molecule has 2 fully saturated rings. The largest absolute Gasteiger partial charge is 0.439 e. The predicted molar refractivity (Wildman–Crippen MR) is 102 cm³/mol. The van der Waals surface area contributed by atoms with Crippen LogP contribution in [0.15, 0.2) is 34.9 Å². The molecule has 0 spiro atoms. The third-order valence-corrected chi connectivity index (χ3v) is 7.12. The predicted octanol–water partition coefficient (Wildman–Crippen LogP) is 1.27. The Balaban J connectivity index is 1.34. The van der Waals surface area contributed by atoms with Gasteiger partial charge >= 0.3 is 0 Å². The Bertz CT molecular complexity index is 909. The first kappa shape index (κ1) is 18.9. The summed E-state index contributed by atoms with van der Waals surface area (Å²) < 4.78 is 29.3. The summed E-state index contributed by atoms with van der Waals surface area (Å²) in [5.41, 5.74) is 0.891. The first-order valence-electron chi connectivity index (χ1n) is 8.95. The van der Waals surface area contributed by atoms with Gasteiger partial charge in [0.05, 0.1) is 36.4 Å². The first-order valence-corrected chi connectivity index (χ1v) is 11.2. The number of hydrogen-bond donors (Lipinski definition) is 1. The van der Waals surface area contributed by atoms with E-state index in [0.717, 1.165) is 31.7 Å². The molecule has 0 bridgehead atoms. The van der Waals surface area contributed by atoms with Crippen molar-refractivity contribution in [1.82, 2.24) is 14.8 Å². The van der Waals surface area contributed by atoms with Crippen LogP contribution < -0.4 is 0 Å². The van der Waals surface area contributed by atoms with Crippen molar-refractivity contribution in [2.24, 2.45) is 0 Å². The molecule has 1 N–H and O–H groups in total. The van der Waals surface area contributed by atoms with E-state index in [1.165, 1.54) is 0 Å². The summed E-state index contributed by atoms with van der Waals surface area (Å²) >= 11 is 6.02. The normalized spacial score (nSPS) is 26.4. The number of piperazine rings is 1. The van der Waals surface area contributed by atoms with Gasteiger partial charge in [-0.25, -0.2) is 13.4 Å². The molecule has 9 heteroatoms. The second kappa shape index (κ2) is 7.52. The van der Waals surface area contributed by atoms with E-state index in [9.17, 15) is 13.5 Å². The van der Waals surface area contributed by atoms with Crippen molar-refractivity contribution in [2.45, 2.75) is 18.7 Å². The fraction of sp³-hybridized carbons (Fsp3) is 0.500. The average molecular weight is 412 g/mol. The zero-order valence-corrected chi connectivity index (χ0v) is 16.4. The topological polar surface area (TPSA) is 86.9 Å². The molecule has 2 atom stereocenters. The lowest BCUT2D eigenvalue weighted by molar-refractivity contribution is 0.0402. The molecule has 0 saturated carbocycles. The number of sulfone groups is 1. The second-order valence-corrected chi connectivity index (χ2v) is 9.74. The minimum Gasteiger partial charge on any atom is -0.439 e. The van der Waals surface area contributed by atoms with Crippen LogP contribution in [-0.4, -0.2) is 78.1 Å². The highest BCUT2D eigenvalue weighted by Crippen LogP contribution is 2.24. The van der Waals surface area contributed by atoms with Crippen LogP contribution in [0.5, 0.6) is 0 Å². The van der Waals surface area contributed by atoms with E-state index in [2.05, 4.69) is 14.8 Å². The van der Waals surface area contributed by atoms with E-state index in [0.29, 0.717) is 23.2 Å². The number of halogens is 1. The van der Waals surface area contributed by atoms with E-state index >= 15 is 0 Å². The zero-order valence-electron chi connectivity index (χ0n) is 14.8. The van der Waals surface area contributed by atoms with Crippen molar-refractivity contribution in [2.75, 3.05) is 37.7 Å². The molecule has 2 aliphatic heterocycles. The summed E-state index contributed by atoms with van der Waals surface area (Å²) in [6.07, 6.45) is 0.922. The van der Waals surface area contributed by atoms with E-state index in [1.54, 1.807) is 6.20 Å². The lowest BCUT2D eigenvalue weighted by Gasteiger charge is -2.38. The van der Waals surface area contributed by atoms with Gasteiger partial charge in [0, 0.05) is 36.8 Å². The molecule has 2 saturated heterocycles. The average Bonchev–Trinajstić information content (AvgIpc) is 3.19. The van der Waals surface area contributed by atoms with Crippen LogP contribution in [0.2, 0.25) is 5.02 Å². The number of hydrogen-bond acceptors (Lipinski definition) is 7. The Labute approximate surface area is 163 Å². The van der Waals surface area contributed by atoms with Gasteiger partial charge in [-0.15, -0.1) is 0 Å². The van der Waals surface area contributed by atoms with Crippen molar-refractivity contribution in [1.29, 1.82) is 0 Å². The number of aliphatic hydroxyl groups excluding tert-OH is 1. The Morgan fingerprint density at radius 2 is 2.00 bits per heavy atom. The quantitative estimate of drug-likeness (QED) is 0.810. The van der Waals surface area contributed by atoms with Gasteiger partial charge in [0.1, 0.15) is 0 Å². The molecule has 146 valence electrons. The molecule has 3 heterocycles. The minimum atomic E-state index is -3.12. The Kier molecular flexibility index (Phi) is 5.26. The van der Waals surface area contributed by atoms with E-state index in [1.807, 2.05) is 24.3 Å². The third kappa shape index (κ3) is 4.35. The van der Waals surface area contributed by atoms with Crippen LogP contribution in [0.4, 0.5) is 0 Å². The van der Waals surface area contributed by atoms with Crippen LogP contribution in [0.25, 0.3) is 11.3 Å². The van der Waals surface area contributed by atoms with Gasteiger partial charge in [0.15, 0.2) is 15.6 Å². The number of benzene rings is 1. The van der Waals surface area contributed by atoms with Gasteiger partial charge in [-0.3, -0.25) is 9.80 Å². The van der Waals surface area contributed by atoms with Gasteiger partial charge in [0.2, 0.25) is 5.89 Å². The molecule has 4 rings (SSSR count). The smallest absolute Gasteiger partial charge is 0.209 e. The highest BCUT2D eigenvalue weighted by Gasteiger charge is 2.40. The molecule has 2 aromatic rings. The molecular formula is C18H22ClN3O4S. The van der Waals surface area contributed by atoms with Crippen LogP contribution in [-0.2, 0) is 16.4 Å². The van der Waals surface area contributed by atoms with Crippen LogP contribution >= 0.6 is 11.6 Å². The molecular weight excluding hydrogens is 390 g/mol. The standard InChI is InChI=1S/C18H22ClN3O4S/c19-14-3-1-2-13(8-14)17-9-20-18(26-17)10-21-4-6-22(7-5-21)15-11-27(24,25)12-16(15)23/h1-3,8-9,15-16,23H,4-7,10-12H2/t15-,16+/m1/s1. The number of aromatic nitrogens is 1. The lowest BCUT2D eigenvalue weighted by Crippen LogP contribution is -2.53. The van der Waals surface area contributed by atoms with Gasteiger partial charge in [-0.1, -0.05) is 23.7 Å². The van der Waals surface area contributed by atoms with E-state index in [4.69, 9.17) is 16.0 Å². The van der Waals surface area contributed by atoms with Crippen molar-refractivity contribution < 1.29 is 17.9 Å². The Hall–Kier alpha value is -1.45. The van der Waals surface area contributed by atoms with Crippen molar-refractivity contribution >= 4 is 21.4 Å². The van der Waals surface area contributed by atoms with Crippen LogP contribution in [0.3, 0.4) is 0 Å². The lowest BCUT2D eigenvalue weighted by atomic mass is 10.1. The maximum atomic E-state index is 11.7. The van der Waals surface area contributed by atoms with Crippen molar-refractivity contribution in [3.63, 3.8) is 0 Å². The fourth-order valence-electron chi connectivity index (χ4n) is 3.76. The van der Waals surface area contributed by atoms with Gasteiger partial charge in [-0.05, 0) is 12.1 Å². The zero-order chi connectivity index (χ0) is 19.0. The van der Waals surface area contributed by atoms with Gasteiger partial charge < -0.3 is 9.52 Å². The second-order valence-electron chi connectivity index (χ2n) is 7.15. The number of aliphatic hydroxyl groups is 1. The highest BCUT2D eigenvalue weighted by molar-refractivity contribution is 7.91. The first-order chi connectivity index (χ1) is 12.9. The third-order valence-electron chi connectivity index (χ3n) is 5.19. The molecule has 0 radical (unpaired) electrons. The van der Waals surface area contributed by atoms with E-state index in [-0.39, 0.29) is 17.5 Å². The maximum Gasteiger partial charge on any atom is 0.209 e. The van der Waals surface area contributed by atoms with E-state index < -0.39 is 15.9 Å². The molecule has 27 heavy (non-hydrogen) atoms. The molecule has 2 aliphatic rings. The molecule has 0 aliphatic carbocycles. The van der Waals surface area contributed by atoms with Crippen molar-refractivity contribution in [3.8, 4) is 11.3 Å².